The van der Waals surface area contributed by atoms with Gasteiger partial charge in [0, 0.05) is 17.7 Å². The minimum absolute atomic E-state index is 0.0419. The molecule has 0 saturated carbocycles. The maximum Gasteiger partial charge on any atom is 0.193 e. The average Bonchev–Trinajstić information content (AvgIpc) is 2.59. The molecule has 0 saturated heterocycles. The Labute approximate surface area is 146 Å². The Morgan fingerprint density at radius 2 is 1.84 bits per heavy atom. The summed E-state index contributed by atoms with van der Waals surface area (Å²) in [6.07, 6.45) is 1.83. The summed E-state index contributed by atoms with van der Waals surface area (Å²) in [5.41, 5.74) is 2.21. The summed E-state index contributed by atoms with van der Waals surface area (Å²) in [5, 5.41) is 0.597. The predicted octanol–water partition coefficient (Wildman–Crippen LogP) is 4.57. The lowest BCUT2D eigenvalue weighted by Crippen LogP contribution is -2.32. The van der Waals surface area contributed by atoms with Crippen molar-refractivity contribution in [2.24, 2.45) is 0 Å². The van der Waals surface area contributed by atoms with Gasteiger partial charge in [-0.15, -0.1) is 0 Å². The van der Waals surface area contributed by atoms with Crippen molar-refractivity contribution < 1.29 is 13.9 Å². The van der Waals surface area contributed by atoms with E-state index in [2.05, 4.69) is 13.8 Å². The largest absolute Gasteiger partial charge is 0.497 e. The molecule has 0 amide bonds. The number of rotatable bonds is 2. The fourth-order valence-electron chi connectivity index (χ4n) is 3.20. The number of fused-ring (bicyclic) bond motifs is 2. The second-order valence-corrected chi connectivity index (χ2v) is 7.02. The van der Waals surface area contributed by atoms with E-state index in [-0.39, 0.29) is 11.0 Å². The van der Waals surface area contributed by atoms with Crippen LogP contribution in [0.25, 0.3) is 22.3 Å². The highest BCUT2D eigenvalue weighted by atomic mass is 16.5. The van der Waals surface area contributed by atoms with Crippen molar-refractivity contribution in [1.82, 2.24) is 0 Å². The SMILES string of the molecule is COc1ccc(-c2cc(=O)c3cc4c(cc3o2)OC(C)(C)CC4)cc1. The highest BCUT2D eigenvalue weighted by Gasteiger charge is 2.27. The maximum absolute atomic E-state index is 12.6. The zero-order valence-electron chi connectivity index (χ0n) is 14.6. The van der Waals surface area contributed by atoms with Crippen LogP contribution in [0.4, 0.5) is 0 Å². The number of hydrogen-bond acceptors (Lipinski definition) is 4. The van der Waals surface area contributed by atoms with Gasteiger partial charge in [0.25, 0.3) is 0 Å². The lowest BCUT2D eigenvalue weighted by Gasteiger charge is -2.32. The summed E-state index contributed by atoms with van der Waals surface area (Å²) in [5.74, 6) is 2.10. The van der Waals surface area contributed by atoms with Gasteiger partial charge in [-0.2, -0.15) is 0 Å². The third kappa shape index (κ3) is 2.88. The summed E-state index contributed by atoms with van der Waals surface area (Å²) in [6.45, 7) is 4.15. The lowest BCUT2D eigenvalue weighted by atomic mass is 9.93. The summed E-state index contributed by atoms with van der Waals surface area (Å²) < 4.78 is 17.3. The molecule has 128 valence electrons. The fraction of sp³-hybridized carbons (Fsp3) is 0.286. The first-order valence-electron chi connectivity index (χ1n) is 8.39. The second kappa shape index (κ2) is 5.66. The van der Waals surface area contributed by atoms with Crippen LogP contribution in [0.2, 0.25) is 0 Å². The predicted molar refractivity (Wildman–Crippen MR) is 97.5 cm³/mol. The molecule has 0 unspecified atom stereocenters. The van der Waals surface area contributed by atoms with Crippen LogP contribution in [0.3, 0.4) is 0 Å². The molecule has 0 bridgehead atoms. The molecule has 2 heterocycles. The lowest BCUT2D eigenvalue weighted by molar-refractivity contribution is 0.0848. The van der Waals surface area contributed by atoms with Crippen molar-refractivity contribution >= 4 is 11.0 Å². The van der Waals surface area contributed by atoms with Gasteiger partial charge in [0.15, 0.2) is 5.43 Å². The maximum atomic E-state index is 12.6. The van der Waals surface area contributed by atoms with Gasteiger partial charge in [-0.05, 0) is 62.6 Å². The summed E-state index contributed by atoms with van der Waals surface area (Å²) in [7, 11) is 1.62. The van der Waals surface area contributed by atoms with E-state index in [9.17, 15) is 4.79 Å². The van der Waals surface area contributed by atoms with E-state index >= 15 is 0 Å². The molecule has 25 heavy (non-hydrogen) atoms. The zero-order chi connectivity index (χ0) is 17.6. The van der Waals surface area contributed by atoms with Crippen molar-refractivity contribution in [1.29, 1.82) is 0 Å². The van der Waals surface area contributed by atoms with Crippen LogP contribution in [0.15, 0.2) is 51.7 Å². The molecule has 1 aliphatic heterocycles. The van der Waals surface area contributed by atoms with E-state index in [4.69, 9.17) is 13.9 Å². The average molecular weight is 336 g/mol. The standard InChI is InChI=1S/C21H20O4/c1-21(2)9-8-14-10-16-17(22)11-18(24-20(16)12-19(14)25-21)13-4-6-15(23-3)7-5-13/h4-7,10-12H,8-9H2,1-3H3. The van der Waals surface area contributed by atoms with E-state index in [1.165, 1.54) is 0 Å². The Balaban J connectivity index is 1.84. The van der Waals surface area contributed by atoms with Gasteiger partial charge >= 0.3 is 0 Å². The fourth-order valence-corrected chi connectivity index (χ4v) is 3.20. The van der Waals surface area contributed by atoms with Crippen LogP contribution in [-0.2, 0) is 6.42 Å². The second-order valence-electron chi connectivity index (χ2n) is 7.02. The third-order valence-corrected chi connectivity index (χ3v) is 4.67. The summed E-state index contributed by atoms with van der Waals surface area (Å²) in [4.78, 5) is 12.6. The quantitative estimate of drug-likeness (QED) is 0.688. The van der Waals surface area contributed by atoms with Gasteiger partial charge in [0.2, 0.25) is 0 Å². The minimum atomic E-state index is -0.200. The molecule has 4 heteroatoms. The van der Waals surface area contributed by atoms with Crippen LogP contribution in [0, 0.1) is 0 Å². The first-order chi connectivity index (χ1) is 11.9. The molecule has 3 aromatic rings. The highest BCUT2D eigenvalue weighted by Crippen LogP contribution is 2.36. The monoisotopic (exact) mass is 336 g/mol. The van der Waals surface area contributed by atoms with Gasteiger partial charge in [-0.3, -0.25) is 4.79 Å². The molecule has 0 aliphatic carbocycles. The summed E-state index contributed by atoms with van der Waals surface area (Å²) >= 11 is 0. The van der Waals surface area contributed by atoms with Crippen LogP contribution in [-0.4, -0.2) is 12.7 Å². The van der Waals surface area contributed by atoms with Gasteiger partial charge < -0.3 is 13.9 Å². The first kappa shape index (κ1) is 15.8. The van der Waals surface area contributed by atoms with Gasteiger partial charge in [-0.1, -0.05) is 0 Å². The summed E-state index contributed by atoms with van der Waals surface area (Å²) in [6, 6.07) is 12.7. The highest BCUT2D eigenvalue weighted by molar-refractivity contribution is 5.81. The molecule has 2 aromatic carbocycles. The van der Waals surface area contributed by atoms with Crippen LogP contribution in [0.5, 0.6) is 11.5 Å². The van der Waals surface area contributed by atoms with Crippen molar-refractivity contribution in [3.63, 3.8) is 0 Å². The van der Waals surface area contributed by atoms with Crippen molar-refractivity contribution in [2.75, 3.05) is 7.11 Å². The van der Waals surface area contributed by atoms with E-state index in [1.54, 1.807) is 13.2 Å². The number of hydrogen-bond donors (Lipinski definition) is 0. The molecule has 0 radical (unpaired) electrons. The van der Waals surface area contributed by atoms with E-state index in [0.717, 1.165) is 35.5 Å². The normalized spacial score (nSPS) is 15.5. The minimum Gasteiger partial charge on any atom is -0.497 e. The molecule has 0 atom stereocenters. The van der Waals surface area contributed by atoms with Crippen LogP contribution >= 0.6 is 0 Å². The number of ether oxygens (including phenoxy) is 2. The first-order valence-corrected chi connectivity index (χ1v) is 8.39. The molecular formula is C21H20O4. The van der Waals surface area contributed by atoms with Gasteiger partial charge in [0.05, 0.1) is 12.5 Å². The van der Waals surface area contributed by atoms with Crippen molar-refractivity contribution in [3.8, 4) is 22.8 Å². The van der Waals surface area contributed by atoms with Crippen molar-refractivity contribution in [3.05, 3.63) is 58.3 Å². The number of benzene rings is 2. The van der Waals surface area contributed by atoms with Crippen LogP contribution < -0.4 is 14.9 Å². The third-order valence-electron chi connectivity index (χ3n) is 4.67. The molecule has 1 aromatic heterocycles. The Hall–Kier alpha value is -2.75. The van der Waals surface area contributed by atoms with Gasteiger partial charge in [-0.25, -0.2) is 0 Å². The van der Waals surface area contributed by atoms with E-state index in [0.29, 0.717) is 16.7 Å². The molecule has 0 fully saturated rings. The van der Waals surface area contributed by atoms with Gasteiger partial charge in [0.1, 0.15) is 28.4 Å². The molecular weight excluding hydrogens is 316 g/mol. The van der Waals surface area contributed by atoms with Crippen LogP contribution in [0.1, 0.15) is 25.8 Å². The molecule has 4 rings (SSSR count). The Morgan fingerprint density at radius 1 is 1.08 bits per heavy atom. The Morgan fingerprint density at radius 3 is 2.56 bits per heavy atom. The molecule has 4 nitrogen and oxygen atoms in total. The molecule has 1 aliphatic rings. The van der Waals surface area contributed by atoms with E-state index < -0.39 is 0 Å². The molecule has 0 spiro atoms. The van der Waals surface area contributed by atoms with Crippen molar-refractivity contribution in [2.45, 2.75) is 32.3 Å². The van der Waals surface area contributed by atoms with E-state index in [1.807, 2.05) is 36.4 Å². The smallest absolute Gasteiger partial charge is 0.193 e. The Kier molecular flexibility index (Phi) is 3.57. The number of methoxy groups -OCH3 is 1. The number of aryl methyl sites for hydroxylation is 1. The molecule has 0 N–H and O–H groups in total. The Bertz CT molecular complexity index is 997. The zero-order valence-corrected chi connectivity index (χ0v) is 14.6. The topological polar surface area (TPSA) is 48.7 Å².